The Hall–Kier alpha value is -1.32. The fourth-order valence-electron chi connectivity index (χ4n) is 1.30. The summed E-state index contributed by atoms with van der Waals surface area (Å²) in [6.45, 7) is 7.59. The third-order valence-corrected chi connectivity index (χ3v) is 2.01. The molecule has 0 aliphatic rings. The fraction of sp³-hybridized carbons (Fsp3) is 0.600. The second-order valence-corrected chi connectivity index (χ2v) is 4.24. The van der Waals surface area contributed by atoms with Crippen LogP contribution >= 0.6 is 0 Å². The molecular formula is C10H15NO3. The van der Waals surface area contributed by atoms with Crippen molar-refractivity contribution < 1.29 is 14.4 Å². The van der Waals surface area contributed by atoms with Gasteiger partial charge in [0.15, 0.2) is 5.76 Å². The molecule has 0 amide bonds. The Labute approximate surface area is 82.9 Å². The van der Waals surface area contributed by atoms with Crippen LogP contribution in [0.5, 0.6) is 0 Å². The summed E-state index contributed by atoms with van der Waals surface area (Å²) < 4.78 is 5.00. The Kier molecular flexibility index (Phi) is 2.64. The summed E-state index contributed by atoms with van der Waals surface area (Å²) in [5.41, 5.74) is 0.437. The van der Waals surface area contributed by atoms with E-state index in [0.717, 1.165) is 0 Å². The molecule has 0 aliphatic heterocycles. The molecule has 1 aromatic heterocycles. The lowest BCUT2D eigenvalue weighted by Crippen LogP contribution is -2.17. The maximum atomic E-state index is 11.0. The van der Waals surface area contributed by atoms with E-state index in [1.54, 1.807) is 0 Å². The normalized spacial score (nSPS) is 11.7. The van der Waals surface area contributed by atoms with Gasteiger partial charge in [-0.1, -0.05) is 32.9 Å². The standard InChI is InChI=1S/C10H15NO3/c1-5-6-7(9(12)13)8(11-14-6)10(2,3)4/h5H2,1-4H3,(H,12,13). The number of carboxylic acid groups (broad SMARTS) is 1. The number of carboxylic acids is 1. The number of rotatable bonds is 2. The number of hydrogen-bond donors (Lipinski definition) is 1. The van der Waals surface area contributed by atoms with E-state index >= 15 is 0 Å². The van der Waals surface area contributed by atoms with E-state index in [-0.39, 0.29) is 11.0 Å². The van der Waals surface area contributed by atoms with E-state index in [4.69, 9.17) is 9.63 Å². The zero-order valence-corrected chi connectivity index (χ0v) is 8.92. The average molecular weight is 197 g/mol. The minimum absolute atomic E-state index is 0.222. The van der Waals surface area contributed by atoms with Crippen LogP contribution in [-0.4, -0.2) is 16.2 Å². The van der Waals surface area contributed by atoms with E-state index < -0.39 is 5.97 Å². The molecule has 0 saturated carbocycles. The summed E-state index contributed by atoms with van der Waals surface area (Å²) in [4.78, 5) is 11.0. The van der Waals surface area contributed by atoms with Crippen molar-refractivity contribution >= 4 is 5.97 Å². The molecule has 78 valence electrons. The van der Waals surface area contributed by atoms with Crippen molar-refractivity contribution in [1.29, 1.82) is 0 Å². The lowest BCUT2D eigenvalue weighted by Gasteiger charge is -2.14. The molecule has 1 aromatic rings. The number of aromatic nitrogens is 1. The van der Waals surface area contributed by atoms with Crippen LogP contribution < -0.4 is 0 Å². The van der Waals surface area contributed by atoms with Crippen LogP contribution in [0.25, 0.3) is 0 Å². The predicted octanol–water partition coefficient (Wildman–Crippen LogP) is 2.23. The molecule has 4 nitrogen and oxygen atoms in total. The molecule has 0 atom stereocenters. The molecule has 1 N–H and O–H groups in total. The van der Waals surface area contributed by atoms with Crippen molar-refractivity contribution in [2.75, 3.05) is 0 Å². The van der Waals surface area contributed by atoms with Gasteiger partial charge >= 0.3 is 5.97 Å². The second-order valence-electron chi connectivity index (χ2n) is 4.24. The molecular weight excluding hydrogens is 182 g/mol. The largest absolute Gasteiger partial charge is 0.477 e. The summed E-state index contributed by atoms with van der Waals surface area (Å²) >= 11 is 0. The van der Waals surface area contributed by atoms with Gasteiger partial charge in [0.05, 0.1) is 0 Å². The summed E-state index contributed by atoms with van der Waals surface area (Å²) in [6, 6.07) is 0. The highest BCUT2D eigenvalue weighted by atomic mass is 16.5. The van der Waals surface area contributed by atoms with Crippen LogP contribution in [0.15, 0.2) is 4.52 Å². The number of hydrogen-bond acceptors (Lipinski definition) is 3. The highest BCUT2D eigenvalue weighted by molar-refractivity contribution is 5.90. The van der Waals surface area contributed by atoms with Crippen molar-refractivity contribution in [3.63, 3.8) is 0 Å². The van der Waals surface area contributed by atoms with Crippen LogP contribution in [-0.2, 0) is 11.8 Å². The lowest BCUT2D eigenvalue weighted by molar-refractivity contribution is 0.0692. The molecule has 0 radical (unpaired) electrons. The quantitative estimate of drug-likeness (QED) is 0.789. The summed E-state index contributed by atoms with van der Waals surface area (Å²) in [5.74, 6) is -0.518. The Bertz CT molecular complexity index is 347. The van der Waals surface area contributed by atoms with Crippen LogP contribution in [0.3, 0.4) is 0 Å². The van der Waals surface area contributed by atoms with Crippen molar-refractivity contribution in [3.8, 4) is 0 Å². The molecule has 4 heteroatoms. The summed E-state index contributed by atoms with van der Waals surface area (Å²) in [5, 5.41) is 12.9. The van der Waals surface area contributed by atoms with E-state index in [9.17, 15) is 4.79 Å². The van der Waals surface area contributed by atoms with Crippen molar-refractivity contribution in [1.82, 2.24) is 5.16 Å². The number of aryl methyl sites for hydroxylation is 1. The first kappa shape index (κ1) is 10.8. The van der Waals surface area contributed by atoms with Crippen LogP contribution in [0.1, 0.15) is 49.5 Å². The molecule has 0 bridgehead atoms. The molecule has 1 heterocycles. The Morgan fingerprint density at radius 3 is 2.43 bits per heavy atom. The van der Waals surface area contributed by atoms with Crippen molar-refractivity contribution in [2.24, 2.45) is 0 Å². The first-order valence-corrected chi connectivity index (χ1v) is 4.60. The Morgan fingerprint density at radius 1 is 1.50 bits per heavy atom. The van der Waals surface area contributed by atoms with Gasteiger partial charge in [-0.3, -0.25) is 0 Å². The molecule has 0 spiro atoms. The maximum Gasteiger partial charge on any atom is 0.341 e. The average Bonchev–Trinajstić information content (AvgIpc) is 2.45. The summed E-state index contributed by atoms with van der Waals surface area (Å²) in [7, 11) is 0. The van der Waals surface area contributed by atoms with Crippen molar-refractivity contribution in [2.45, 2.75) is 39.5 Å². The van der Waals surface area contributed by atoms with Crippen LogP contribution in [0.2, 0.25) is 0 Å². The molecule has 0 aliphatic carbocycles. The maximum absolute atomic E-state index is 11.0. The van der Waals surface area contributed by atoms with Gasteiger partial charge in [0.1, 0.15) is 11.3 Å². The fourth-order valence-corrected chi connectivity index (χ4v) is 1.30. The number of aromatic carboxylic acids is 1. The molecule has 0 saturated heterocycles. The van der Waals surface area contributed by atoms with E-state index in [2.05, 4.69) is 5.16 Å². The number of carbonyl (C=O) groups is 1. The first-order valence-electron chi connectivity index (χ1n) is 4.60. The highest BCUT2D eigenvalue weighted by Crippen LogP contribution is 2.27. The summed E-state index contributed by atoms with van der Waals surface area (Å²) in [6.07, 6.45) is 0.546. The molecule has 0 fully saturated rings. The van der Waals surface area contributed by atoms with Gasteiger partial charge in [-0.2, -0.15) is 0 Å². The smallest absolute Gasteiger partial charge is 0.341 e. The number of nitrogens with zero attached hydrogens (tertiary/aromatic N) is 1. The van der Waals surface area contributed by atoms with E-state index in [1.165, 1.54) is 0 Å². The highest BCUT2D eigenvalue weighted by Gasteiger charge is 2.29. The zero-order chi connectivity index (χ0) is 10.9. The second kappa shape index (κ2) is 3.44. The van der Waals surface area contributed by atoms with Gasteiger partial charge in [-0.25, -0.2) is 4.79 Å². The molecule has 0 aromatic carbocycles. The van der Waals surface area contributed by atoms with Gasteiger partial charge in [0, 0.05) is 11.8 Å². The van der Waals surface area contributed by atoms with Crippen LogP contribution in [0.4, 0.5) is 0 Å². The Morgan fingerprint density at radius 2 is 2.07 bits per heavy atom. The van der Waals surface area contributed by atoms with Gasteiger partial charge in [-0.05, 0) is 0 Å². The van der Waals surface area contributed by atoms with Gasteiger partial charge in [0.25, 0.3) is 0 Å². The lowest BCUT2D eigenvalue weighted by atomic mass is 9.88. The molecule has 0 unspecified atom stereocenters. The van der Waals surface area contributed by atoms with E-state index in [1.807, 2.05) is 27.7 Å². The minimum atomic E-state index is -0.965. The van der Waals surface area contributed by atoms with Gasteiger partial charge in [-0.15, -0.1) is 0 Å². The monoisotopic (exact) mass is 197 g/mol. The first-order chi connectivity index (χ1) is 6.38. The van der Waals surface area contributed by atoms with Gasteiger partial charge < -0.3 is 9.63 Å². The van der Waals surface area contributed by atoms with Crippen LogP contribution in [0, 0.1) is 0 Å². The van der Waals surface area contributed by atoms with Crippen molar-refractivity contribution in [3.05, 3.63) is 17.0 Å². The predicted molar refractivity (Wildman–Crippen MR) is 51.5 cm³/mol. The molecule has 1 rings (SSSR count). The third kappa shape index (κ3) is 1.78. The zero-order valence-electron chi connectivity index (χ0n) is 8.92. The SMILES string of the molecule is CCc1onc(C(C)(C)C)c1C(=O)O. The molecule has 14 heavy (non-hydrogen) atoms. The minimum Gasteiger partial charge on any atom is -0.477 e. The topological polar surface area (TPSA) is 63.3 Å². The Balaban J connectivity index is 3.32. The third-order valence-electron chi connectivity index (χ3n) is 2.01. The van der Waals surface area contributed by atoms with E-state index in [0.29, 0.717) is 17.9 Å². The van der Waals surface area contributed by atoms with Gasteiger partial charge in [0.2, 0.25) is 0 Å².